The number of para-hydroxylation sites is 1. The van der Waals surface area contributed by atoms with E-state index < -0.39 is 0 Å². The van der Waals surface area contributed by atoms with Crippen LogP contribution in [0, 0.1) is 4.77 Å². The Morgan fingerprint density at radius 3 is 1.90 bits per heavy atom. The molecule has 1 aliphatic carbocycles. The van der Waals surface area contributed by atoms with Crippen LogP contribution in [-0.4, -0.2) is 26.3 Å². The van der Waals surface area contributed by atoms with Gasteiger partial charge in [0.2, 0.25) is 4.77 Å². The van der Waals surface area contributed by atoms with Crippen molar-refractivity contribution in [3.63, 3.8) is 0 Å². The number of rotatable bonds is 7. The Bertz CT molecular complexity index is 1160. The lowest BCUT2D eigenvalue weighted by Gasteiger charge is -2.28. The first-order valence-electron chi connectivity index (χ1n) is 10.8. The van der Waals surface area contributed by atoms with E-state index in [4.69, 9.17) is 17.3 Å². The minimum Gasteiger partial charge on any atom is -0.276 e. The smallest absolute Gasteiger partial charge is 0.203 e. The van der Waals surface area contributed by atoms with Crippen LogP contribution in [0.4, 0.5) is 0 Å². The van der Waals surface area contributed by atoms with Crippen LogP contribution in [0.5, 0.6) is 0 Å². The third kappa shape index (κ3) is 4.11. The molecular weight excluding hydrogens is 400 g/mol. The quantitative estimate of drug-likeness (QED) is 0.341. The molecule has 1 aromatic heterocycles. The molecule has 0 aliphatic heterocycles. The summed E-state index contributed by atoms with van der Waals surface area (Å²) in [5.74, 6) is 1.59. The largest absolute Gasteiger partial charge is 0.276 e. The van der Waals surface area contributed by atoms with Crippen molar-refractivity contribution in [2.75, 3.05) is 7.05 Å². The van der Waals surface area contributed by atoms with Gasteiger partial charge in [-0.15, -0.1) is 0 Å². The molecule has 3 aromatic carbocycles. The predicted molar refractivity (Wildman–Crippen MR) is 127 cm³/mol. The Morgan fingerprint density at radius 2 is 1.39 bits per heavy atom. The normalized spacial score (nSPS) is 13.8. The highest BCUT2D eigenvalue weighted by Gasteiger charge is 2.31. The van der Waals surface area contributed by atoms with Gasteiger partial charge in [0.15, 0.2) is 0 Å². The molecule has 4 nitrogen and oxygen atoms in total. The number of nitrogens with zero attached hydrogens (tertiary/aromatic N) is 4. The van der Waals surface area contributed by atoms with Crippen molar-refractivity contribution in [3.8, 4) is 5.69 Å². The maximum Gasteiger partial charge on any atom is 0.203 e. The molecule has 1 fully saturated rings. The van der Waals surface area contributed by atoms with Crippen LogP contribution in [0.2, 0.25) is 0 Å². The number of hydrogen-bond acceptors (Lipinski definition) is 3. The molecule has 31 heavy (non-hydrogen) atoms. The lowest BCUT2D eigenvalue weighted by Crippen LogP contribution is -2.28. The van der Waals surface area contributed by atoms with Gasteiger partial charge in [0.25, 0.3) is 0 Å². The fraction of sp³-hybridized carbons (Fsp3) is 0.231. The maximum absolute atomic E-state index is 5.92. The highest BCUT2D eigenvalue weighted by atomic mass is 32.1. The Morgan fingerprint density at radius 1 is 0.871 bits per heavy atom. The van der Waals surface area contributed by atoms with E-state index in [0.717, 1.165) is 16.3 Å². The van der Waals surface area contributed by atoms with Gasteiger partial charge in [-0.2, -0.15) is 5.10 Å². The van der Waals surface area contributed by atoms with Gasteiger partial charge in [-0.05, 0) is 55.4 Å². The molecule has 1 heterocycles. The standard InChI is InChI=1S/C26H26N4S/c1-28(24(20-11-5-2-6-12-20)21-13-7-3-8-14-21)19-29-26(31)30(23-15-9-4-10-16-23)25(27-29)22-17-18-22/h2-16,22,24H,17-19H2,1H3. The summed E-state index contributed by atoms with van der Waals surface area (Å²) in [4.78, 5) is 2.32. The third-order valence-corrected chi connectivity index (χ3v) is 6.24. The Kier molecular flexibility index (Phi) is 5.53. The average molecular weight is 427 g/mol. The monoisotopic (exact) mass is 426 g/mol. The Balaban J connectivity index is 1.52. The molecule has 1 aliphatic rings. The molecule has 156 valence electrons. The van der Waals surface area contributed by atoms with Crippen LogP contribution in [0.15, 0.2) is 91.0 Å². The summed E-state index contributed by atoms with van der Waals surface area (Å²) in [7, 11) is 2.14. The molecule has 0 spiro atoms. The molecule has 0 N–H and O–H groups in total. The van der Waals surface area contributed by atoms with E-state index >= 15 is 0 Å². The maximum atomic E-state index is 5.92. The van der Waals surface area contributed by atoms with E-state index in [2.05, 4.69) is 101 Å². The second-order valence-electron chi connectivity index (χ2n) is 8.21. The molecule has 0 amide bonds. The van der Waals surface area contributed by atoms with Gasteiger partial charge < -0.3 is 0 Å². The molecule has 0 saturated heterocycles. The van der Waals surface area contributed by atoms with E-state index in [-0.39, 0.29) is 6.04 Å². The molecule has 0 atom stereocenters. The molecule has 0 bridgehead atoms. The second-order valence-corrected chi connectivity index (χ2v) is 8.57. The van der Waals surface area contributed by atoms with Crippen molar-refractivity contribution >= 4 is 12.2 Å². The van der Waals surface area contributed by atoms with Crippen molar-refractivity contribution in [1.29, 1.82) is 0 Å². The van der Waals surface area contributed by atoms with Crippen LogP contribution in [0.1, 0.15) is 41.8 Å². The predicted octanol–water partition coefficient (Wildman–Crippen LogP) is 5.96. The minimum absolute atomic E-state index is 0.121. The van der Waals surface area contributed by atoms with E-state index in [1.807, 2.05) is 10.7 Å². The van der Waals surface area contributed by atoms with Crippen molar-refractivity contribution in [1.82, 2.24) is 19.2 Å². The summed E-state index contributed by atoms with van der Waals surface area (Å²) >= 11 is 5.92. The van der Waals surface area contributed by atoms with Gasteiger partial charge in [0, 0.05) is 11.6 Å². The second kappa shape index (κ2) is 8.61. The zero-order valence-electron chi connectivity index (χ0n) is 17.6. The molecule has 0 radical (unpaired) electrons. The fourth-order valence-electron chi connectivity index (χ4n) is 4.21. The molecule has 5 heteroatoms. The van der Waals surface area contributed by atoms with Gasteiger partial charge in [0.05, 0.1) is 12.7 Å². The summed E-state index contributed by atoms with van der Waals surface area (Å²) in [6.45, 7) is 0.618. The zero-order chi connectivity index (χ0) is 21.2. The average Bonchev–Trinajstić information content (AvgIpc) is 3.61. The molecule has 1 saturated carbocycles. The third-order valence-electron chi connectivity index (χ3n) is 5.85. The van der Waals surface area contributed by atoms with Crippen LogP contribution in [-0.2, 0) is 6.67 Å². The number of benzene rings is 3. The van der Waals surface area contributed by atoms with Crippen molar-refractivity contribution in [2.45, 2.75) is 31.5 Å². The SMILES string of the molecule is CN(Cn1nc(C2CC2)n(-c2ccccc2)c1=S)C(c1ccccc1)c1ccccc1. The van der Waals surface area contributed by atoms with E-state index in [1.54, 1.807) is 0 Å². The fourth-order valence-corrected chi connectivity index (χ4v) is 4.50. The van der Waals surface area contributed by atoms with Crippen LogP contribution in [0.25, 0.3) is 5.69 Å². The Labute approximate surface area is 188 Å². The molecule has 0 unspecified atom stereocenters. The summed E-state index contributed by atoms with van der Waals surface area (Å²) in [5, 5.41) is 4.99. The summed E-state index contributed by atoms with van der Waals surface area (Å²) in [6.07, 6.45) is 2.37. The first kappa shape index (κ1) is 19.9. The number of aromatic nitrogens is 3. The lowest BCUT2D eigenvalue weighted by atomic mass is 9.98. The molecule has 4 aromatic rings. The highest BCUT2D eigenvalue weighted by Crippen LogP contribution is 2.40. The zero-order valence-corrected chi connectivity index (χ0v) is 18.4. The first-order chi connectivity index (χ1) is 15.2. The van der Waals surface area contributed by atoms with Crippen molar-refractivity contribution in [3.05, 3.63) is 113 Å². The van der Waals surface area contributed by atoms with Crippen molar-refractivity contribution in [2.24, 2.45) is 0 Å². The lowest BCUT2D eigenvalue weighted by molar-refractivity contribution is 0.207. The Hall–Kier alpha value is -3.02. The summed E-state index contributed by atoms with van der Waals surface area (Å²) in [6, 6.07) is 31.7. The highest BCUT2D eigenvalue weighted by molar-refractivity contribution is 7.71. The summed E-state index contributed by atoms with van der Waals surface area (Å²) < 4.78 is 4.88. The molecule has 5 rings (SSSR count). The van der Waals surface area contributed by atoms with E-state index in [9.17, 15) is 0 Å². The molecular formula is C26H26N4S. The van der Waals surface area contributed by atoms with Crippen LogP contribution >= 0.6 is 12.2 Å². The topological polar surface area (TPSA) is 26.0 Å². The van der Waals surface area contributed by atoms with Gasteiger partial charge in [-0.25, -0.2) is 4.68 Å². The first-order valence-corrected chi connectivity index (χ1v) is 11.2. The number of hydrogen-bond donors (Lipinski definition) is 0. The van der Waals surface area contributed by atoms with Crippen molar-refractivity contribution < 1.29 is 0 Å². The van der Waals surface area contributed by atoms with Crippen LogP contribution < -0.4 is 0 Å². The van der Waals surface area contributed by atoms with Gasteiger partial charge >= 0.3 is 0 Å². The van der Waals surface area contributed by atoms with Crippen LogP contribution in [0.3, 0.4) is 0 Å². The van der Waals surface area contributed by atoms with Gasteiger partial charge in [-0.3, -0.25) is 9.47 Å². The van der Waals surface area contributed by atoms with E-state index in [0.29, 0.717) is 12.6 Å². The van der Waals surface area contributed by atoms with Gasteiger partial charge in [0.1, 0.15) is 5.82 Å². The summed E-state index contributed by atoms with van der Waals surface area (Å²) in [5.41, 5.74) is 3.60. The minimum atomic E-state index is 0.121. The van der Waals surface area contributed by atoms with Gasteiger partial charge in [-0.1, -0.05) is 78.9 Å². The van der Waals surface area contributed by atoms with E-state index in [1.165, 1.54) is 24.0 Å².